The lowest BCUT2D eigenvalue weighted by Gasteiger charge is -2.32. The van der Waals surface area contributed by atoms with Crippen molar-refractivity contribution in [3.8, 4) is 0 Å². The minimum atomic E-state index is -0.305. The van der Waals surface area contributed by atoms with Crippen LogP contribution in [0.15, 0.2) is 24.3 Å². The van der Waals surface area contributed by atoms with Crippen molar-refractivity contribution in [3.63, 3.8) is 0 Å². The molecule has 1 unspecified atom stereocenters. The molecule has 2 saturated heterocycles. The molecule has 0 aromatic heterocycles. The van der Waals surface area contributed by atoms with Crippen molar-refractivity contribution in [1.82, 2.24) is 4.90 Å². The zero-order chi connectivity index (χ0) is 16.0. The maximum absolute atomic E-state index is 6.21. The molecule has 4 nitrogen and oxygen atoms in total. The quantitative estimate of drug-likeness (QED) is 0.860. The summed E-state index contributed by atoms with van der Waals surface area (Å²) in [5.74, 6) is 0. The third-order valence-corrected chi connectivity index (χ3v) is 5.27. The maximum Gasteiger partial charge on any atom is 0.495 e. The normalized spacial score (nSPS) is 27.5. The van der Waals surface area contributed by atoms with E-state index in [1.807, 2.05) is 0 Å². The Kier molecular flexibility index (Phi) is 4.10. The van der Waals surface area contributed by atoms with Crippen LogP contribution in [0.5, 0.6) is 0 Å². The summed E-state index contributed by atoms with van der Waals surface area (Å²) in [5, 5.41) is 0. The van der Waals surface area contributed by atoms with Crippen LogP contribution in [0.25, 0.3) is 0 Å². The van der Waals surface area contributed by atoms with Gasteiger partial charge in [-0.25, -0.2) is 0 Å². The third kappa shape index (κ3) is 2.95. The van der Waals surface area contributed by atoms with E-state index < -0.39 is 0 Å². The van der Waals surface area contributed by atoms with E-state index in [9.17, 15) is 0 Å². The van der Waals surface area contributed by atoms with Crippen molar-refractivity contribution in [3.05, 3.63) is 29.8 Å². The van der Waals surface area contributed by atoms with E-state index in [0.717, 1.165) is 31.5 Å². The molecule has 0 saturated carbocycles. The number of nitrogens with zero attached hydrogens (tertiary/aromatic N) is 1. The molecule has 1 aromatic rings. The van der Waals surface area contributed by atoms with Gasteiger partial charge in [0.15, 0.2) is 0 Å². The van der Waals surface area contributed by atoms with Gasteiger partial charge in [0, 0.05) is 25.7 Å². The molecule has 0 radical (unpaired) electrons. The summed E-state index contributed by atoms with van der Waals surface area (Å²) >= 11 is 0. The van der Waals surface area contributed by atoms with Gasteiger partial charge >= 0.3 is 7.12 Å². The summed E-state index contributed by atoms with van der Waals surface area (Å²) in [5.41, 5.74) is 7.82. The second-order valence-corrected chi connectivity index (χ2v) is 7.57. The second-order valence-electron chi connectivity index (χ2n) is 7.57. The molecule has 0 bridgehead atoms. The fourth-order valence-corrected chi connectivity index (χ4v) is 3.13. The second kappa shape index (κ2) is 5.64. The van der Waals surface area contributed by atoms with Gasteiger partial charge in [0.25, 0.3) is 0 Å². The highest BCUT2D eigenvalue weighted by Crippen LogP contribution is 2.36. The van der Waals surface area contributed by atoms with Crippen LogP contribution >= 0.6 is 0 Å². The van der Waals surface area contributed by atoms with Gasteiger partial charge in [-0.05, 0) is 45.1 Å². The summed E-state index contributed by atoms with van der Waals surface area (Å²) in [7, 11) is -0.294. The molecule has 0 spiro atoms. The number of rotatable bonds is 3. The Hall–Kier alpha value is -0.875. The van der Waals surface area contributed by atoms with Gasteiger partial charge < -0.3 is 15.0 Å². The first-order valence-electron chi connectivity index (χ1n) is 8.20. The largest absolute Gasteiger partial charge is 0.495 e. The molecule has 2 heterocycles. The average molecular weight is 302 g/mol. The van der Waals surface area contributed by atoms with Gasteiger partial charge in [0.2, 0.25) is 0 Å². The van der Waals surface area contributed by atoms with Crippen molar-refractivity contribution in [2.24, 2.45) is 5.73 Å². The fourth-order valence-electron chi connectivity index (χ4n) is 3.13. The molecule has 1 aromatic carbocycles. The third-order valence-electron chi connectivity index (χ3n) is 5.27. The summed E-state index contributed by atoms with van der Waals surface area (Å²) in [6.45, 7) is 11.3. The van der Waals surface area contributed by atoms with Crippen LogP contribution in [-0.4, -0.2) is 42.4 Å². The Morgan fingerprint density at radius 1 is 1.18 bits per heavy atom. The molecule has 2 aliphatic heterocycles. The maximum atomic E-state index is 6.21. The monoisotopic (exact) mass is 302 g/mol. The predicted octanol–water partition coefficient (Wildman–Crippen LogP) is 1.52. The zero-order valence-electron chi connectivity index (χ0n) is 14.1. The van der Waals surface area contributed by atoms with E-state index in [2.05, 4.69) is 56.9 Å². The smallest absolute Gasteiger partial charge is 0.399 e. The van der Waals surface area contributed by atoms with E-state index in [4.69, 9.17) is 15.0 Å². The van der Waals surface area contributed by atoms with Crippen molar-refractivity contribution < 1.29 is 9.31 Å². The standard InChI is InChI=1S/C17H27BN2O2/c1-16(2)17(3,4)22-18(21-16)15-8-6-5-7-13(15)11-20-10-9-14(19)12-20/h5-8,14H,9-12,19H2,1-4H3. The number of likely N-dealkylation sites (tertiary alicyclic amines) is 1. The van der Waals surface area contributed by atoms with Crippen LogP contribution in [0.1, 0.15) is 39.7 Å². The summed E-state index contributed by atoms with van der Waals surface area (Å²) < 4.78 is 12.4. The van der Waals surface area contributed by atoms with Gasteiger partial charge in [-0.2, -0.15) is 0 Å². The van der Waals surface area contributed by atoms with E-state index in [1.165, 1.54) is 5.56 Å². The minimum absolute atomic E-state index is 0.294. The van der Waals surface area contributed by atoms with Crippen LogP contribution in [0.4, 0.5) is 0 Å². The first-order chi connectivity index (χ1) is 10.3. The van der Waals surface area contributed by atoms with Crippen molar-refractivity contribution in [1.29, 1.82) is 0 Å². The van der Waals surface area contributed by atoms with E-state index in [-0.39, 0.29) is 18.3 Å². The molecule has 2 fully saturated rings. The number of nitrogens with two attached hydrogens (primary N) is 1. The van der Waals surface area contributed by atoms with Crippen LogP contribution in [-0.2, 0) is 15.9 Å². The number of benzene rings is 1. The highest BCUT2D eigenvalue weighted by Gasteiger charge is 2.52. The van der Waals surface area contributed by atoms with Gasteiger partial charge in [0.1, 0.15) is 0 Å². The molecule has 0 amide bonds. The lowest BCUT2D eigenvalue weighted by atomic mass is 9.76. The lowest BCUT2D eigenvalue weighted by Crippen LogP contribution is -2.41. The molecule has 2 aliphatic rings. The number of hydrogen-bond donors (Lipinski definition) is 1. The summed E-state index contributed by atoms with van der Waals surface area (Å²) in [6, 6.07) is 8.74. The van der Waals surface area contributed by atoms with Crippen LogP contribution in [0.3, 0.4) is 0 Å². The van der Waals surface area contributed by atoms with Gasteiger partial charge in [-0.1, -0.05) is 24.3 Å². The molecule has 120 valence electrons. The van der Waals surface area contributed by atoms with Crippen LogP contribution < -0.4 is 11.2 Å². The van der Waals surface area contributed by atoms with E-state index in [1.54, 1.807) is 0 Å². The molecule has 5 heteroatoms. The number of hydrogen-bond acceptors (Lipinski definition) is 4. The Morgan fingerprint density at radius 2 is 1.82 bits per heavy atom. The molecular weight excluding hydrogens is 275 g/mol. The van der Waals surface area contributed by atoms with Crippen molar-refractivity contribution in [2.45, 2.75) is 57.9 Å². The predicted molar refractivity (Wildman–Crippen MR) is 90.0 cm³/mol. The Bertz CT molecular complexity index is 531. The summed E-state index contributed by atoms with van der Waals surface area (Å²) in [6.07, 6.45) is 1.08. The lowest BCUT2D eigenvalue weighted by molar-refractivity contribution is 0.00578. The fraction of sp³-hybridized carbons (Fsp3) is 0.647. The highest BCUT2D eigenvalue weighted by molar-refractivity contribution is 6.62. The first-order valence-corrected chi connectivity index (χ1v) is 8.20. The Labute approximate surface area is 134 Å². The Morgan fingerprint density at radius 3 is 2.41 bits per heavy atom. The van der Waals surface area contributed by atoms with Crippen molar-refractivity contribution in [2.75, 3.05) is 13.1 Å². The topological polar surface area (TPSA) is 47.7 Å². The molecule has 3 rings (SSSR count). The zero-order valence-corrected chi connectivity index (χ0v) is 14.1. The highest BCUT2D eigenvalue weighted by atomic mass is 16.7. The van der Waals surface area contributed by atoms with E-state index >= 15 is 0 Å². The van der Waals surface area contributed by atoms with Gasteiger partial charge in [-0.3, -0.25) is 4.90 Å². The Balaban J connectivity index is 1.80. The average Bonchev–Trinajstić information content (AvgIpc) is 2.91. The minimum Gasteiger partial charge on any atom is -0.399 e. The molecule has 0 aliphatic carbocycles. The van der Waals surface area contributed by atoms with Gasteiger partial charge in [-0.15, -0.1) is 0 Å². The summed E-state index contributed by atoms with van der Waals surface area (Å²) in [4.78, 5) is 2.41. The molecule has 22 heavy (non-hydrogen) atoms. The SMILES string of the molecule is CC1(C)OB(c2ccccc2CN2CCC(N)C2)OC1(C)C. The molecular formula is C17H27BN2O2. The van der Waals surface area contributed by atoms with Crippen molar-refractivity contribution >= 4 is 12.6 Å². The first kappa shape index (κ1) is 16.0. The molecule has 1 atom stereocenters. The van der Waals surface area contributed by atoms with E-state index in [0.29, 0.717) is 6.04 Å². The van der Waals surface area contributed by atoms with Crippen LogP contribution in [0.2, 0.25) is 0 Å². The molecule has 2 N–H and O–H groups in total. The van der Waals surface area contributed by atoms with Crippen LogP contribution in [0, 0.1) is 0 Å². The van der Waals surface area contributed by atoms with Gasteiger partial charge in [0.05, 0.1) is 11.2 Å².